The summed E-state index contributed by atoms with van der Waals surface area (Å²) in [6.45, 7) is 5.38. The SMILES string of the molecule is Cc1ccc([C@@H](CNC(=O)NCc2ccc(S(N)(=O)=O)cc2)N2CCOCC2)o1. The zero-order chi connectivity index (χ0) is 20.9. The van der Waals surface area contributed by atoms with Crippen LogP contribution in [-0.4, -0.2) is 52.2 Å². The second-order valence-electron chi connectivity index (χ2n) is 6.87. The number of aryl methyl sites for hydroxylation is 1. The molecule has 10 heteroatoms. The number of urea groups is 1. The monoisotopic (exact) mass is 422 g/mol. The third kappa shape index (κ3) is 6.04. The van der Waals surface area contributed by atoms with Crippen molar-refractivity contribution in [3.8, 4) is 0 Å². The molecule has 29 heavy (non-hydrogen) atoms. The Kier molecular flexibility index (Phi) is 6.91. The quantitative estimate of drug-likeness (QED) is 0.613. The van der Waals surface area contributed by atoms with Crippen LogP contribution in [0.1, 0.15) is 23.1 Å². The smallest absolute Gasteiger partial charge is 0.315 e. The first-order valence-corrected chi connectivity index (χ1v) is 10.9. The number of ether oxygens (including phenoxy) is 1. The molecular formula is C19H26N4O5S. The molecule has 0 bridgehead atoms. The van der Waals surface area contributed by atoms with Crippen LogP contribution in [0.2, 0.25) is 0 Å². The molecule has 2 amide bonds. The summed E-state index contributed by atoms with van der Waals surface area (Å²) in [5.74, 6) is 1.63. The third-order valence-corrected chi connectivity index (χ3v) is 5.67. The molecule has 1 fully saturated rings. The molecule has 4 N–H and O–H groups in total. The van der Waals surface area contributed by atoms with Gasteiger partial charge in [0.25, 0.3) is 0 Å². The summed E-state index contributed by atoms with van der Waals surface area (Å²) in [5, 5.41) is 10.7. The summed E-state index contributed by atoms with van der Waals surface area (Å²) in [7, 11) is -3.73. The van der Waals surface area contributed by atoms with Crippen molar-refractivity contribution in [2.45, 2.75) is 24.4 Å². The molecule has 2 aromatic rings. The van der Waals surface area contributed by atoms with Crippen molar-refractivity contribution in [1.82, 2.24) is 15.5 Å². The molecule has 3 rings (SSSR count). The van der Waals surface area contributed by atoms with Crippen molar-refractivity contribution in [2.24, 2.45) is 5.14 Å². The molecular weight excluding hydrogens is 396 g/mol. The lowest BCUT2D eigenvalue weighted by Crippen LogP contribution is -2.45. The van der Waals surface area contributed by atoms with Crippen molar-refractivity contribution in [1.29, 1.82) is 0 Å². The summed E-state index contributed by atoms with van der Waals surface area (Å²) in [5.41, 5.74) is 0.763. The maximum absolute atomic E-state index is 12.3. The highest BCUT2D eigenvalue weighted by Gasteiger charge is 2.25. The Morgan fingerprint density at radius 1 is 1.14 bits per heavy atom. The van der Waals surface area contributed by atoms with Gasteiger partial charge in [-0.2, -0.15) is 0 Å². The van der Waals surface area contributed by atoms with Crippen molar-refractivity contribution in [3.05, 3.63) is 53.5 Å². The van der Waals surface area contributed by atoms with Crippen LogP contribution in [0.4, 0.5) is 4.79 Å². The second-order valence-corrected chi connectivity index (χ2v) is 8.43. The average Bonchev–Trinajstić information content (AvgIpc) is 3.13. The molecule has 1 aliphatic rings. The number of carbonyl (C=O) groups is 1. The fraction of sp³-hybridized carbons (Fsp3) is 0.421. The number of furan rings is 1. The molecule has 158 valence electrons. The Labute approximate surface area is 170 Å². The highest BCUT2D eigenvalue weighted by Crippen LogP contribution is 2.23. The topological polar surface area (TPSA) is 127 Å². The van der Waals surface area contributed by atoms with Gasteiger partial charge in [0, 0.05) is 26.2 Å². The van der Waals surface area contributed by atoms with Crippen molar-refractivity contribution in [2.75, 3.05) is 32.8 Å². The largest absolute Gasteiger partial charge is 0.465 e. The van der Waals surface area contributed by atoms with Crippen LogP contribution in [0.25, 0.3) is 0 Å². The fourth-order valence-electron chi connectivity index (χ4n) is 3.16. The number of morpholine rings is 1. The molecule has 0 spiro atoms. The second kappa shape index (κ2) is 9.40. The van der Waals surface area contributed by atoms with Gasteiger partial charge >= 0.3 is 6.03 Å². The normalized spacial score (nSPS) is 16.3. The van der Waals surface area contributed by atoms with Crippen LogP contribution < -0.4 is 15.8 Å². The van der Waals surface area contributed by atoms with Gasteiger partial charge in [0.15, 0.2) is 0 Å². The van der Waals surface area contributed by atoms with E-state index in [4.69, 9.17) is 14.3 Å². The van der Waals surface area contributed by atoms with Crippen LogP contribution in [0.5, 0.6) is 0 Å². The first-order chi connectivity index (χ1) is 13.8. The number of benzene rings is 1. The number of primary sulfonamides is 1. The van der Waals surface area contributed by atoms with Crippen LogP contribution in [0.3, 0.4) is 0 Å². The van der Waals surface area contributed by atoms with Gasteiger partial charge in [-0.05, 0) is 36.8 Å². The Balaban J connectivity index is 1.54. The summed E-state index contributed by atoms with van der Waals surface area (Å²) in [4.78, 5) is 14.5. The van der Waals surface area contributed by atoms with Gasteiger partial charge in [-0.25, -0.2) is 18.4 Å². The lowest BCUT2D eigenvalue weighted by molar-refractivity contribution is 0.0121. The molecule has 0 aliphatic carbocycles. The Morgan fingerprint density at radius 3 is 2.41 bits per heavy atom. The Morgan fingerprint density at radius 2 is 1.83 bits per heavy atom. The van der Waals surface area contributed by atoms with Crippen molar-refractivity contribution < 1.29 is 22.4 Å². The molecule has 0 saturated carbocycles. The van der Waals surface area contributed by atoms with Crippen LogP contribution >= 0.6 is 0 Å². The van der Waals surface area contributed by atoms with E-state index >= 15 is 0 Å². The minimum absolute atomic E-state index is 0.0350. The number of sulfonamides is 1. The molecule has 1 saturated heterocycles. The standard InChI is InChI=1S/C19H26N4O5S/c1-14-2-7-18(28-14)17(23-8-10-27-11-9-23)13-22-19(24)21-12-15-3-5-16(6-4-15)29(20,25)26/h2-7,17H,8-13H2,1H3,(H2,20,25,26)(H2,21,22,24)/t17-/m1/s1. The maximum atomic E-state index is 12.3. The third-order valence-electron chi connectivity index (χ3n) is 4.74. The molecule has 1 aliphatic heterocycles. The lowest BCUT2D eigenvalue weighted by Gasteiger charge is -2.33. The van der Waals surface area contributed by atoms with Crippen molar-refractivity contribution in [3.63, 3.8) is 0 Å². The number of amides is 2. The molecule has 9 nitrogen and oxygen atoms in total. The highest BCUT2D eigenvalue weighted by molar-refractivity contribution is 7.89. The number of nitrogens with one attached hydrogen (secondary N) is 2. The molecule has 1 atom stereocenters. The van der Waals surface area contributed by atoms with Gasteiger partial charge in [0.1, 0.15) is 11.5 Å². The number of rotatable bonds is 7. The van der Waals surface area contributed by atoms with E-state index < -0.39 is 10.0 Å². The van der Waals surface area contributed by atoms with Gasteiger partial charge in [0.05, 0.1) is 24.2 Å². The minimum atomic E-state index is -3.73. The van der Waals surface area contributed by atoms with E-state index in [2.05, 4.69) is 15.5 Å². The first-order valence-electron chi connectivity index (χ1n) is 9.34. The van der Waals surface area contributed by atoms with Crippen LogP contribution in [-0.2, 0) is 21.3 Å². The summed E-state index contributed by atoms with van der Waals surface area (Å²) < 4.78 is 33.8. The van der Waals surface area contributed by atoms with E-state index in [0.717, 1.165) is 30.2 Å². The van der Waals surface area contributed by atoms with Crippen molar-refractivity contribution >= 4 is 16.1 Å². The van der Waals surface area contributed by atoms with E-state index in [9.17, 15) is 13.2 Å². The maximum Gasteiger partial charge on any atom is 0.315 e. The minimum Gasteiger partial charge on any atom is -0.465 e. The number of nitrogens with zero attached hydrogens (tertiary/aromatic N) is 1. The van der Waals surface area contributed by atoms with E-state index in [-0.39, 0.29) is 23.5 Å². The predicted octanol–water partition coefficient (Wildman–Crippen LogP) is 1.11. The van der Waals surface area contributed by atoms with Crippen LogP contribution in [0.15, 0.2) is 45.7 Å². The molecule has 1 aromatic carbocycles. The predicted molar refractivity (Wildman–Crippen MR) is 107 cm³/mol. The number of hydrogen-bond acceptors (Lipinski definition) is 6. The van der Waals surface area contributed by atoms with Crippen LogP contribution in [0, 0.1) is 6.92 Å². The number of nitrogens with two attached hydrogens (primary N) is 1. The molecule has 2 heterocycles. The molecule has 0 unspecified atom stereocenters. The molecule has 1 aromatic heterocycles. The Hall–Kier alpha value is -2.40. The molecule has 0 radical (unpaired) electrons. The van der Waals surface area contributed by atoms with Gasteiger partial charge in [-0.3, -0.25) is 4.90 Å². The zero-order valence-electron chi connectivity index (χ0n) is 16.3. The van der Waals surface area contributed by atoms with E-state index in [1.54, 1.807) is 12.1 Å². The summed E-state index contributed by atoms with van der Waals surface area (Å²) >= 11 is 0. The van der Waals surface area contributed by atoms with Gasteiger partial charge in [0.2, 0.25) is 10.0 Å². The number of hydrogen-bond donors (Lipinski definition) is 3. The summed E-state index contributed by atoms with van der Waals surface area (Å²) in [6, 6.07) is 9.51. The van der Waals surface area contributed by atoms with E-state index in [0.29, 0.717) is 19.8 Å². The Bertz CT molecular complexity index is 920. The van der Waals surface area contributed by atoms with E-state index in [1.165, 1.54) is 12.1 Å². The zero-order valence-corrected chi connectivity index (χ0v) is 17.1. The number of carbonyl (C=O) groups excluding carboxylic acids is 1. The van der Waals surface area contributed by atoms with Gasteiger partial charge < -0.3 is 19.8 Å². The highest BCUT2D eigenvalue weighted by atomic mass is 32.2. The average molecular weight is 423 g/mol. The fourth-order valence-corrected chi connectivity index (χ4v) is 3.68. The summed E-state index contributed by atoms with van der Waals surface area (Å²) in [6.07, 6.45) is 0. The van der Waals surface area contributed by atoms with E-state index in [1.807, 2.05) is 19.1 Å². The van der Waals surface area contributed by atoms with Gasteiger partial charge in [-0.1, -0.05) is 12.1 Å². The lowest BCUT2D eigenvalue weighted by atomic mass is 10.1. The first kappa shape index (κ1) is 21.3. The van der Waals surface area contributed by atoms with Gasteiger partial charge in [-0.15, -0.1) is 0 Å².